The van der Waals surface area contributed by atoms with Crippen molar-refractivity contribution in [3.63, 3.8) is 0 Å². The van der Waals surface area contributed by atoms with Crippen molar-refractivity contribution in [3.8, 4) is 0 Å². The molecule has 0 bridgehead atoms. The minimum Gasteiger partial charge on any atom is -0.394 e. The summed E-state index contributed by atoms with van der Waals surface area (Å²) in [6.07, 6.45) is 1.23. The quantitative estimate of drug-likeness (QED) is 0.834. The lowest BCUT2D eigenvalue weighted by atomic mass is 10.2. The van der Waals surface area contributed by atoms with Crippen LogP contribution in [0.2, 0.25) is 5.02 Å². The summed E-state index contributed by atoms with van der Waals surface area (Å²) in [7, 11) is 0. The molecule has 1 atom stereocenters. The molecule has 1 aromatic rings. The number of amides is 1. The molecule has 1 amide bonds. The van der Waals surface area contributed by atoms with Gasteiger partial charge in [-0.05, 0) is 30.7 Å². The van der Waals surface area contributed by atoms with Gasteiger partial charge >= 0.3 is 0 Å². The van der Waals surface area contributed by atoms with Crippen molar-refractivity contribution in [1.82, 2.24) is 0 Å². The Morgan fingerprint density at radius 3 is 2.67 bits per heavy atom. The lowest BCUT2D eigenvalue weighted by Crippen LogP contribution is -2.35. The first kappa shape index (κ1) is 10.5. The van der Waals surface area contributed by atoms with Gasteiger partial charge in [0, 0.05) is 17.1 Å². The highest BCUT2D eigenvalue weighted by atomic mass is 35.5. The molecule has 3 nitrogen and oxygen atoms in total. The second kappa shape index (κ2) is 4.21. The van der Waals surface area contributed by atoms with E-state index in [9.17, 15) is 4.79 Å². The summed E-state index contributed by atoms with van der Waals surface area (Å²) in [5, 5.41) is 9.79. The average molecular weight is 226 g/mol. The van der Waals surface area contributed by atoms with Crippen LogP contribution in [0.15, 0.2) is 24.3 Å². The van der Waals surface area contributed by atoms with Gasteiger partial charge in [-0.15, -0.1) is 0 Å². The Morgan fingerprint density at radius 2 is 2.07 bits per heavy atom. The number of aliphatic hydroxyl groups is 1. The van der Waals surface area contributed by atoms with Gasteiger partial charge in [0.05, 0.1) is 12.6 Å². The van der Waals surface area contributed by atoms with Crippen LogP contribution >= 0.6 is 11.6 Å². The molecular formula is C11H12ClNO2. The zero-order valence-corrected chi connectivity index (χ0v) is 8.94. The van der Waals surface area contributed by atoms with Gasteiger partial charge < -0.3 is 10.0 Å². The number of carbonyl (C=O) groups excluding carboxylic acids is 1. The largest absolute Gasteiger partial charge is 0.394 e. The summed E-state index contributed by atoms with van der Waals surface area (Å²) >= 11 is 5.77. The lowest BCUT2D eigenvalue weighted by Gasteiger charge is -2.23. The number of benzene rings is 1. The number of rotatable bonds is 2. The highest BCUT2D eigenvalue weighted by molar-refractivity contribution is 6.30. The second-order valence-corrected chi connectivity index (χ2v) is 4.05. The molecular weight excluding hydrogens is 214 g/mol. The predicted molar refractivity (Wildman–Crippen MR) is 59.0 cm³/mol. The van der Waals surface area contributed by atoms with Crippen LogP contribution in [0.25, 0.3) is 0 Å². The molecule has 1 fully saturated rings. The fraction of sp³-hybridized carbons (Fsp3) is 0.364. The van der Waals surface area contributed by atoms with Crippen LogP contribution < -0.4 is 4.90 Å². The number of carbonyl (C=O) groups is 1. The van der Waals surface area contributed by atoms with E-state index < -0.39 is 0 Å². The molecule has 0 saturated carbocycles. The number of aliphatic hydroxyl groups excluding tert-OH is 1. The van der Waals surface area contributed by atoms with Gasteiger partial charge in [0.15, 0.2) is 0 Å². The molecule has 80 valence electrons. The van der Waals surface area contributed by atoms with E-state index in [1.165, 1.54) is 0 Å². The Balaban J connectivity index is 2.28. The van der Waals surface area contributed by atoms with Crippen LogP contribution in [0.1, 0.15) is 12.8 Å². The first-order valence-electron chi connectivity index (χ1n) is 4.91. The Bertz CT molecular complexity index is 363. The molecule has 0 radical (unpaired) electrons. The molecule has 1 saturated heterocycles. The maximum Gasteiger partial charge on any atom is 0.227 e. The maximum absolute atomic E-state index is 11.6. The molecule has 0 unspecified atom stereocenters. The van der Waals surface area contributed by atoms with Crippen LogP contribution in [0.5, 0.6) is 0 Å². The summed E-state index contributed by atoms with van der Waals surface area (Å²) in [5.74, 6) is 0.0661. The van der Waals surface area contributed by atoms with Gasteiger partial charge in [-0.3, -0.25) is 4.79 Å². The number of nitrogens with zero attached hydrogens (tertiary/aromatic N) is 1. The van der Waals surface area contributed by atoms with Crippen molar-refractivity contribution in [2.75, 3.05) is 11.5 Å². The molecule has 15 heavy (non-hydrogen) atoms. The van der Waals surface area contributed by atoms with E-state index in [2.05, 4.69) is 0 Å². The van der Waals surface area contributed by atoms with Crippen molar-refractivity contribution in [2.45, 2.75) is 18.9 Å². The van der Waals surface area contributed by atoms with Crippen LogP contribution in [-0.2, 0) is 4.79 Å². The van der Waals surface area contributed by atoms with Gasteiger partial charge in [-0.25, -0.2) is 0 Å². The smallest absolute Gasteiger partial charge is 0.227 e. The Morgan fingerprint density at radius 1 is 1.40 bits per heavy atom. The summed E-state index contributed by atoms with van der Waals surface area (Å²) < 4.78 is 0. The maximum atomic E-state index is 11.6. The second-order valence-electron chi connectivity index (χ2n) is 3.62. The van der Waals surface area contributed by atoms with E-state index in [0.29, 0.717) is 11.4 Å². The van der Waals surface area contributed by atoms with E-state index in [1.807, 2.05) is 0 Å². The third kappa shape index (κ3) is 1.98. The van der Waals surface area contributed by atoms with Gasteiger partial charge in [0.25, 0.3) is 0 Å². The normalized spacial score (nSPS) is 21.1. The first-order valence-corrected chi connectivity index (χ1v) is 5.28. The fourth-order valence-electron chi connectivity index (χ4n) is 1.87. The molecule has 1 aliphatic heterocycles. The summed E-state index contributed by atoms with van der Waals surface area (Å²) in [6, 6.07) is 7.01. The lowest BCUT2D eigenvalue weighted by molar-refractivity contribution is -0.117. The zero-order valence-electron chi connectivity index (χ0n) is 8.19. The monoisotopic (exact) mass is 225 g/mol. The summed E-state index contributed by atoms with van der Waals surface area (Å²) in [6.45, 7) is 0.00830. The van der Waals surface area contributed by atoms with Crippen molar-refractivity contribution >= 4 is 23.2 Å². The molecule has 0 aliphatic carbocycles. The predicted octanol–water partition coefficient (Wildman–Crippen LogP) is 1.83. The van der Waals surface area contributed by atoms with Crippen molar-refractivity contribution in [3.05, 3.63) is 29.3 Å². The summed E-state index contributed by atoms with van der Waals surface area (Å²) in [5.41, 5.74) is 0.806. The zero-order chi connectivity index (χ0) is 10.8. The topological polar surface area (TPSA) is 40.5 Å². The Hall–Kier alpha value is -1.06. The Kier molecular flexibility index (Phi) is 2.93. The molecule has 0 aromatic heterocycles. The molecule has 4 heteroatoms. The third-order valence-electron chi connectivity index (χ3n) is 2.64. The summed E-state index contributed by atoms with van der Waals surface area (Å²) in [4.78, 5) is 13.3. The fourth-order valence-corrected chi connectivity index (χ4v) is 2.00. The van der Waals surface area contributed by atoms with Crippen molar-refractivity contribution in [1.29, 1.82) is 0 Å². The average Bonchev–Trinajstić information content (AvgIpc) is 2.61. The van der Waals surface area contributed by atoms with Crippen LogP contribution in [-0.4, -0.2) is 23.7 Å². The van der Waals surface area contributed by atoms with Gasteiger partial charge in [0.1, 0.15) is 0 Å². The minimum atomic E-state index is -0.0846. The van der Waals surface area contributed by atoms with Gasteiger partial charge in [-0.2, -0.15) is 0 Å². The highest BCUT2D eigenvalue weighted by Gasteiger charge is 2.31. The van der Waals surface area contributed by atoms with Crippen LogP contribution in [0.3, 0.4) is 0 Å². The highest BCUT2D eigenvalue weighted by Crippen LogP contribution is 2.27. The van der Waals surface area contributed by atoms with Gasteiger partial charge in [-0.1, -0.05) is 11.6 Å². The van der Waals surface area contributed by atoms with Crippen molar-refractivity contribution in [2.24, 2.45) is 0 Å². The van der Waals surface area contributed by atoms with E-state index in [-0.39, 0.29) is 18.6 Å². The number of hydrogen-bond acceptors (Lipinski definition) is 2. The SMILES string of the molecule is O=C1CC[C@H](CO)N1c1ccc(Cl)cc1. The van der Waals surface area contributed by atoms with E-state index >= 15 is 0 Å². The van der Waals surface area contributed by atoms with Gasteiger partial charge in [0.2, 0.25) is 5.91 Å². The number of halogens is 1. The van der Waals surface area contributed by atoms with E-state index in [4.69, 9.17) is 16.7 Å². The first-order chi connectivity index (χ1) is 7.22. The van der Waals surface area contributed by atoms with E-state index in [0.717, 1.165) is 12.1 Å². The molecule has 1 N–H and O–H groups in total. The molecule has 2 rings (SSSR count). The molecule has 1 aromatic carbocycles. The van der Waals surface area contributed by atoms with Crippen LogP contribution in [0.4, 0.5) is 5.69 Å². The standard InChI is InChI=1S/C11H12ClNO2/c12-8-1-3-9(4-2-8)13-10(7-14)5-6-11(13)15/h1-4,10,14H,5-7H2/t10-/m1/s1. The van der Waals surface area contributed by atoms with E-state index in [1.54, 1.807) is 29.2 Å². The minimum absolute atomic E-state index is 0.00830. The third-order valence-corrected chi connectivity index (χ3v) is 2.89. The molecule has 1 aliphatic rings. The Labute approximate surface area is 93.3 Å². The van der Waals surface area contributed by atoms with Crippen molar-refractivity contribution < 1.29 is 9.90 Å². The molecule has 1 heterocycles. The number of anilines is 1. The van der Waals surface area contributed by atoms with Crippen LogP contribution in [0, 0.1) is 0 Å². The number of hydrogen-bond donors (Lipinski definition) is 1. The molecule has 0 spiro atoms.